The van der Waals surface area contributed by atoms with E-state index in [1.165, 1.54) is 25.7 Å². The van der Waals surface area contributed by atoms with E-state index < -0.39 is 6.16 Å². The van der Waals surface area contributed by atoms with Gasteiger partial charge in [-0.25, -0.2) is 4.79 Å². The molecule has 0 aromatic heterocycles. The summed E-state index contributed by atoms with van der Waals surface area (Å²) in [6.07, 6.45) is 14.2. The summed E-state index contributed by atoms with van der Waals surface area (Å²) in [5.41, 5.74) is 0. The Hall–Kier alpha value is -1.25. The summed E-state index contributed by atoms with van der Waals surface area (Å²) in [6.45, 7) is 0. The quantitative estimate of drug-likeness (QED) is 0.658. The molecule has 0 radical (unpaired) electrons. The molecule has 0 saturated heterocycles. The van der Waals surface area contributed by atoms with Gasteiger partial charge in [0.25, 0.3) is 0 Å². The first-order valence-corrected chi connectivity index (χ1v) is 7.12. The van der Waals surface area contributed by atoms with Crippen molar-refractivity contribution >= 4 is 6.16 Å². The van der Waals surface area contributed by atoms with E-state index in [2.05, 4.69) is 0 Å². The summed E-state index contributed by atoms with van der Waals surface area (Å²) in [7, 11) is 0. The second kappa shape index (κ2) is 7.24. The van der Waals surface area contributed by atoms with Crippen molar-refractivity contribution in [2.24, 2.45) is 0 Å². The van der Waals surface area contributed by atoms with Gasteiger partial charge in [-0.1, -0.05) is 12.8 Å². The molecule has 0 bridgehead atoms. The Labute approximate surface area is 109 Å². The fraction of sp³-hybridized carbons (Fsp3) is 0.667. The van der Waals surface area contributed by atoms with Gasteiger partial charge in [-0.05, 0) is 50.7 Å². The first kappa shape index (κ1) is 13.2. The highest BCUT2D eigenvalue weighted by molar-refractivity contribution is 5.62. The van der Waals surface area contributed by atoms with Crippen LogP contribution in [0.2, 0.25) is 0 Å². The molecule has 0 fully saturated rings. The number of carbonyl (C=O) groups excluding carboxylic acids is 1. The van der Waals surface area contributed by atoms with Crippen LogP contribution in [0.3, 0.4) is 0 Å². The van der Waals surface area contributed by atoms with Gasteiger partial charge in [-0.2, -0.15) is 0 Å². The highest BCUT2D eigenvalue weighted by Crippen LogP contribution is 2.21. The summed E-state index contributed by atoms with van der Waals surface area (Å²) in [5.74, 6) is 1.57. The van der Waals surface area contributed by atoms with Crippen molar-refractivity contribution in [1.82, 2.24) is 0 Å². The maximum absolute atomic E-state index is 11.7. The average molecular weight is 250 g/mol. The van der Waals surface area contributed by atoms with Crippen molar-refractivity contribution in [1.29, 1.82) is 0 Å². The molecule has 100 valence electrons. The molecule has 0 aliphatic heterocycles. The van der Waals surface area contributed by atoms with Crippen molar-refractivity contribution < 1.29 is 14.3 Å². The van der Waals surface area contributed by atoms with Crippen LogP contribution in [0, 0.1) is 0 Å². The van der Waals surface area contributed by atoms with E-state index in [-0.39, 0.29) is 0 Å². The van der Waals surface area contributed by atoms with Crippen LogP contribution in [-0.2, 0) is 9.47 Å². The van der Waals surface area contributed by atoms with Crippen molar-refractivity contribution in [3.8, 4) is 0 Å². The minimum absolute atomic E-state index is 0.559. The Morgan fingerprint density at radius 2 is 1.28 bits per heavy atom. The molecule has 2 aliphatic rings. The molecule has 0 N–H and O–H groups in total. The molecule has 0 unspecified atom stereocenters. The fourth-order valence-electron chi connectivity index (χ4n) is 2.39. The summed E-state index contributed by atoms with van der Waals surface area (Å²) in [4.78, 5) is 11.7. The van der Waals surface area contributed by atoms with Crippen LogP contribution in [-0.4, -0.2) is 6.16 Å². The minimum atomic E-state index is -0.559. The largest absolute Gasteiger partial charge is 0.518 e. The van der Waals surface area contributed by atoms with Gasteiger partial charge in [0.2, 0.25) is 0 Å². The average Bonchev–Trinajstić information content (AvgIpc) is 2.74. The second-order valence-corrected chi connectivity index (χ2v) is 4.99. The third-order valence-corrected chi connectivity index (χ3v) is 3.43. The molecule has 3 nitrogen and oxygen atoms in total. The molecule has 0 amide bonds. The SMILES string of the molecule is O=C(OC1=CCCCCC1)OC1=CCCCCC1. The monoisotopic (exact) mass is 250 g/mol. The normalized spacial score (nSPS) is 21.1. The van der Waals surface area contributed by atoms with Gasteiger partial charge in [-0.3, -0.25) is 0 Å². The molecule has 18 heavy (non-hydrogen) atoms. The zero-order valence-corrected chi connectivity index (χ0v) is 11.0. The van der Waals surface area contributed by atoms with Gasteiger partial charge < -0.3 is 9.47 Å². The zero-order chi connectivity index (χ0) is 12.6. The second-order valence-electron chi connectivity index (χ2n) is 4.99. The topological polar surface area (TPSA) is 35.5 Å². The highest BCUT2D eigenvalue weighted by atomic mass is 16.7. The van der Waals surface area contributed by atoms with Crippen LogP contribution < -0.4 is 0 Å². The lowest BCUT2D eigenvalue weighted by Gasteiger charge is -2.09. The van der Waals surface area contributed by atoms with E-state index in [1.807, 2.05) is 12.2 Å². The molecular weight excluding hydrogens is 228 g/mol. The van der Waals surface area contributed by atoms with Gasteiger partial charge in [0.05, 0.1) is 0 Å². The maximum atomic E-state index is 11.7. The third-order valence-electron chi connectivity index (χ3n) is 3.43. The number of rotatable bonds is 2. The van der Waals surface area contributed by atoms with E-state index in [4.69, 9.17) is 9.47 Å². The lowest BCUT2D eigenvalue weighted by atomic mass is 10.2. The van der Waals surface area contributed by atoms with Crippen molar-refractivity contribution in [2.45, 2.75) is 64.2 Å². The Bertz CT molecular complexity index is 310. The van der Waals surface area contributed by atoms with E-state index in [0.717, 1.165) is 50.0 Å². The molecule has 2 rings (SSSR count). The molecule has 0 atom stereocenters. The van der Waals surface area contributed by atoms with E-state index in [1.54, 1.807) is 0 Å². The van der Waals surface area contributed by atoms with Crippen LogP contribution in [0.4, 0.5) is 4.79 Å². The third kappa shape index (κ3) is 4.55. The Kier molecular flexibility index (Phi) is 5.31. The molecule has 3 heteroatoms. The van der Waals surface area contributed by atoms with Crippen molar-refractivity contribution in [3.63, 3.8) is 0 Å². The van der Waals surface area contributed by atoms with Crippen LogP contribution in [0.1, 0.15) is 64.2 Å². The standard InChI is InChI=1S/C15H22O3/c16-15(17-13-9-5-1-2-6-10-13)18-14-11-7-3-4-8-12-14/h9,11H,1-8,10,12H2. The first-order valence-electron chi connectivity index (χ1n) is 7.12. The van der Waals surface area contributed by atoms with Gasteiger partial charge in [0.15, 0.2) is 0 Å². The highest BCUT2D eigenvalue weighted by Gasteiger charge is 2.13. The predicted molar refractivity (Wildman–Crippen MR) is 69.9 cm³/mol. The molecule has 0 aromatic rings. The minimum Gasteiger partial charge on any atom is -0.400 e. The van der Waals surface area contributed by atoms with E-state index >= 15 is 0 Å². The molecule has 2 aliphatic carbocycles. The lowest BCUT2D eigenvalue weighted by molar-refractivity contribution is 0.0967. The zero-order valence-electron chi connectivity index (χ0n) is 11.0. The van der Waals surface area contributed by atoms with Gasteiger partial charge in [0.1, 0.15) is 11.5 Å². The summed E-state index contributed by atoms with van der Waals surface area (Å²) in [6, 6.07) is 0. The Morgan fingerprint density at radius 3 is 1.78 bits per heavy atom. The Balaban J connectivity index is 1.80. The van der Waals surface area contributed by atoms with Gasteiger partial charge in [-0.15, -0.1) is 0 Å². The van der Waals surface area contributed by atoms with E-state index in [9.17, 15) is 4.79 Å². The van der Waals surface area contributed by atoms with Crippen LogP contribution in [0.25, 0.3) is 0 Å². The maximum Gasteiger partial charge on any atom is 0.518 e. The Morgan fingerprint density at radius 1 is 0.778 bits per heavy atom. The molecule has 0 spiro atoms. The van der Waals surface area contributed by atoms with Crippen molar-refractivity contribution in [3.05, 3.63) is 23.7 Å². The smallest absolute Gasteiger partial charge is 0.400 e. The molecular formula is C15H22O3. The van der Waals surface area contributed by atoms with Crippen LogP contribution in [0.15, 0.2) is 23.7 Å². The van der Waals surface area contributed by atoms with E-state index in [0.29, 0.717) is 0 Å². The summed E-state index contributed by atoms with van der Waals surface area (Å²) >= 11 is 0. The van der Waals surface area contributed by atoms with Crippen LogP contribution in [0.5, 0.6) is 0 Å². The summed E-state index contributed by atoms with van der Waals surface area (Å²) in [5, 5.41) is 0. The van der Waals surface area contributed by atoms with Crippen LogP contribution >= 0.6 is 0 Å². The molecule has 0 saturated carbocycles. The number of hydrogen-bond donors (Lipinski definition) is 0. The molecule has 0 heterocycles. The van der Waals surface area contributed by atoms with Crippen molar-refractivity contribution in [2.75, 3.05) is 0 Å². The number of hydrogen-bond acceptors (Lipinski definition) is 3. The fourth-order valence-corrected chi connectivity index (χ4v) is 2.39. The summed E-state index contributed by atoms with van der Waals surface area (Å²) < 4.78 is 10.5. The first-order chi connectivity index (χ1) is 8.84. The van der Waals surface area contributed by atoms with Gasteiger partial charge in [0, 0.05) is 12.8 Å². The number of allylic oxidation sites excluding steroid dienone is 4. The van der Waals surface area contributed by atoms with Gasteiger partial charge >= 0.3 is 6.16 Å². The molecule has 0 aromatic carbocycles. The number of carbonyl (C=O) groups is 1. The lowest BCUT2D eigenvalue weighted by Crippen LogP contribution is -2.07. The number of ether oxygens (including phenoxy) is 2. The predicted octanol–water partition coefficient (Wildman–Crippen LogP) is 4.84.